The van der Waals surface area contributed by atoms with Crippen LogP contribution >= 0.6 is 11.8 Å². The Kier molecular flexibility index (Phi) is 4.22. The van der Waals surface area contributed by atoms with Crippen LogP contribution in [0.3, 0.4) is 0 Å². The molecule has 1 fully saturated rings. The lowest BCUT2D eigenvalue weighted by Gasteiger charge is -2.12. The zero-order chi connectivity index (χ0) is 14.8. The van der Waals surface area contributed by atoms with E-state index < -0.39 is 11.9 Å². The highest BCUT2D eigenvalue weighted by Gasteiger charge is 2.44. The maximum Gasteiger partial charge on any atom is 0.433 e. The molecule has 0 spiro atoms. The molecule has 0 unspecified atom stereocenters. The smallest absolute Gasteiger partial charge is 0.433 e. The maximum absolute atomic E-state index is 12.5. The molecule has 0 aliphatic heterocycles. The zero-order valence-electron chi connectivity index (χ0n) is 10.7. The third kappa shape index (κ3) is 3.84. The summed E-state index contributed by atoms with van der Waals surface area (Å²) in [4.78, 5) is 18.6. The van der Waals surface area contributed by atoms with Crippen molar-refractivity contribution in [2.24, 2.45) is 5.41 Å². The van der Waals surface area contributed by atoms with Gasteiger partial charge in [0.1, 0.15) is 5.69 Å². The summed E-state index contributed by atoms with van der Waals surface area (Å²) in [5.74, 6) is 0.219. The second kappa shape index (κ2) is 5.59. The van der Waals surface area contributed by atoms with Crippen LogP contribution in [-0.4, -0.2) is 28.8 Å². The predicted molar refractivity (Wildman–Crippen MR) is 66.1 cm³/mol. The first-order valence-electron chi connectivity index (χ1n) is 5.95. The topological polar surface area (TPSA) is 52.1 Å². The van der Waals surface area contributed by atoms with E-state index in [0.29, 0.717) is 5.75 Å². The van der Waals surface area contributed by atoms with E-state index in [2.05, 4.69) is 14.7 Å². The Morgan fingerprint density at radius 1 is 1.50 bits per heavy atom. The van der Waals surface area contributed by atoms with Gasteiger partial charge in [0, 0.05) is 11.9 Å². The van der Waals surface area contributed by atoms with Gasteiger partial charge in [-0.15, -0.1) is 0 Å². The van der Waals surface area contributed by atoms with Gasteiger partial charge in [0.25, 0.3) is 0 Å². The van der Waals surface area contributed by atoms with Crippen molar-refractivity contribution in [1.82, 2.24) is 9.97 Å². The first kappa shape index (κ1) is 15.1. The molecule has 0 saturated heterocycles. The average Bonchev–Trinajstić information content (AvgIpc) is 3.16. The first-order valence-corrected chi connectivity index (χ1v) is 6.93. The van der Waals surface area contributed by atoms with Crippen LogP contribution in [0.4, 0.5) is 13.2 Å². The molecule has 110 valence electrons. The summed E-state index contributed by atoms with van der Waals surface area (Å²) in [6.07, 6.45) is -1.35. The van der Waals surface area contributed by atoms with Crippen LogP contribution in [0.25, 0.3) is 0 Å². The SMILES string of the molecule is COC(=O)CC1(CSc2nccc(C(F)(F)F)n2)CC1. The van der Waals surface area contributed by atoms with Crippen LogP contribution in [0.2, 0.25) is 0 Å². The Morgan fingerprint density at radius 3 is 2.75 bits per heavy atom. The summed E-state index contributed by atoms with van der Waals surface area (Å²) >= 11 is 1.14. The number of hydrogen-bond acceptors (Lipinski definition) is 5. The Hall–Kier alpha value is -1.31. The highest BCUT2D eigenvalue weighted by Crippen LogP contribution is 2.51. The van der Waals surface area contributed by atoms with Crippen molar-refractivity contribution in [3.63, 3.8) is 0 Å². The molecule has 0 bridgehead atoms. The summed E-state index contributed by atoms with van der Waals surface area (Å²) in [5.41, 5.74) is -1.12. The number of thioether (sulfide) groups is 1. The molecular weight excluding hydrogens is 293 g/mol. The molecule has 0 atom stereocenters. The molecule has 1 aliphatic rings. The summed E-state index contributed by atoms with van der Waals surface area (Å²) < 4.78 is 42.1. The van der Waals surface area contributed by atoms with Crippen molar-refractivity contribution >= 4 is 17.7 Å². The van der Waals surface area contributed by atoms with E-state index in [1.807, 2.05) is 0 Å². The lowest BCUT2D eigenvalue weighted by atomic mass is 10.1. The molecule has 2 rings (SSSR count). The van der Waals surface area contributed by atoms with Gasteiger partial charge in [-0.05, 0) is 24.3 Å². The standard InChI is InChI=1S/C12H13F3N2O2S/c1-19-9(18)6-11(3-4-11)7-20-10-16-5-2-8(17-10)12(13,14)15/h2,5H,3-4,6-7H2,1H3. The maximum atomic E-state index is 12.5. The number of aromatic nitrogens is 2. The number of carbonyl (C=O) groups is 1. The highest BCUT2D eigenvalue weighted by atomic mass is 32.2. The fourth-order valence-corrected chi connectivity index (χ4v) is 2.84. The van der Waals surface area contributed by atoms with Crippen molar-refractivity contribution in [3.05, 3.63) is 18.0 Å². The average molecular weight is 306 g/mol. The molecule has 1 aliphatic carbocycles. The number of rotatable bonds is 5. The number of esters is 1. The van der Waals surface area contributed by atoms with Crippen LogP contribution in [0.5, 0.6) is 0 Å². The minimum Gasteiger partial charge on any atom is -0.469 e. The fourth-order valence-electron chi connectivity index (χ4n) is 1.71. The summed E-state index contributed by atoms with van der Waals surface area (Å²) in [5, 5.41) is 0.0796. The van der Waals surface area contributed by atoms with E-state index in [9.17, 15) is 18.0 Å². The molecule has 1 heterocycles. The molecule has 0 amide bonds. The Morgan fingerprint density at radius 2 is 2.20 bits per heavy atom. The summed E-state index contributed by atoms with van der Waals surface area (Å²) in [6, 6.07) is 0.839. The monoisotopic (exact) mass is 306 g/mol. The molecule has 20 heavy (non-hydrogen) atoms. The molecular formula is C12H13F3N2O2S. The Bertz CT molecular complexity index is 504. The van der Waals surface area contributed by atoms with E-state index in [1.165, 1.54) is 7.11 Å². The van der Waals surface area contributed by atoms with Gasteiger partial charge in [-0.25, -0.2) is 9.97 Å². The third-order valence-corrected chi connectivity index (χ3v) is 4.35. The van der Waals surface area contributed by atoms with E-state index in [0.717, 1.165) is 36.9 Å². The number of carbonyl (C=O) groups excluding carboxylic acids is 1. The molecule has 0 aromatic carbocycles. The Labute approximate surface area is 118 Å². The summed E-state index contributed by atoms with van der Waals surface area (Å²) in [7, 11) is 1.32. The van der Waals surface area contributed by atoms with Crippen molar-refractivity contribution in [1.29, 1.82) is 0 Å². The van der Waals surface area contributed by atoms with Crippen LogP contribution in [0, 0.1) is 5.41 Å². The van der Waals surface area contributed by atoms with Gasteiger partial charge in [-0.2, -0.15) is 13.2 Å². The van der Waals surface area contributed by atoms with E-state index in [4.69, 9.17) is 0 Å². The van der Waals surface area contributed by atoms with Crippen LogP contribution in [0.1, 0.15) is 25.0 Å². The lowest BCUT2D eigenvalue weighted by Crippen LogP contribution is -2.14. The first-order chi connectivity index (χ1) is 9.35. The van der Waals surface area contributed by atoms with Crippen molar-refractivity contribution in [3.8, 4) is 0 Å². The fraction of sp³-hybridized carbons (Fsp3) is 0.583. The van der Waals surface area contributed by atoms with Gasteiger partial charge in [0.2, 0.25) is 0 Å². The van der Waals surface area contributed by atoms with Gasteiger partial charge >= 0.3 is 12.1 Å². The minimum atomic E-state index is -4.47. The Balaban J connectivity index is 1.96. The molecule has 1 saturated carbocycles. The molecule has 1 aromatic rings. The van der Waals surface area contributed by atoms with Crippen molar-refractivity contribution in [2.75, 3.05) is 12.9 Å². The van der Waals surface area contributed by atoms with E-state index in [-0.39, 0.29) is 23.0 Å². The zero-order valence-corrected chi connectivity index (χ0v) is 11.6. The molecule has 0 radical (unpaired) electrons. The van der Waals surface area contributed by atoms with E-state index >= 15 is 0 Å². The number of ether oxygens (including phenoxy) is 1. The number of nitrogens with zero attached hydrogens (tertiary/aromatic N) is 2. The van der Waals surface area contributed by atoms with Gasteiger partial charge < -0.3 is 4.74 Å². The van der Waals surface area contributed by atoms with Crippen LogP contribution in [0.15, 0.2) is 17.4 Å². The number of methoxy groups -OCH3 is 1. The number of halogens is 3. The third-order valence-electron chi connectivity index (χ3n) is 3.14. The van der Waals surface area contributed by atoms with Crippen LogP contribution in [-0.2, 0) is 15.7 Å². The quantitative estimate of drug-likeness (QED) is 0.475. The van der Waals surface area contributed by atoms with E-state index in [1.54, 1.807) is 0 Å². The normalized spacial score (nSPS) is 16.8. The second-order valence-corrected chi connectivity index (χ2v) is 5.71. The molecule has 0 N–H and O–H groups in total. The van der Waals surface area contributed by atoms with Crippen molar-refractivity contribution in [2.45, 2.75) is 30.6 Å². The highest BCUT2D eigenvalue weighted by molar-refractivity contribution is 7.99. The molecule has 4 nitrogen and oxygen atoms in total. The van der Waals surface area contributed by atoms with Crippen molar-refractivity contribution < 1.29 is 22.7 Å². The van der Waals surface area contributed by atoms with Gasteiger partial charge in [-0.1, -0.05) is 11.8 Å². The van der Waals surface area contributed by atoms with Gasteiger partial charge in [0.05, 0.1) is 13.5 Å². The number of alkyl halides is 3. The predicted octanol–water partition coefficient (Wildman–Crippen LogP) is 2.93. The molecule has 8 heteroatoms. The summed E-state index contributed by atoms with van der Waals surface area (Å²) in [6.45, 7) is 0. The minimum absolute atomic E-state index is 0.0796. The largest absolute Gasteiger partial charge is 0.469 e. The van der Waals surface area contributed by atoms with Gasteiger partial charge in [0.15, 0.2) is 5.16 Å². The molecule has 1 aromatic heterocycles. The van der Waals surface area contributed by atoms with Gasteiger partial charge in [-0.3, -0.25) is 4.79 Å². The number of hydrogen-bond donors (Lipinski definition) is 0. The van der Waals surface area contributed by atoms with Crippen LogP contribution < -0.4 is 0 Å². The second-order valence-electron chi connectivity index (χ2n) is 4.76. The lowest BCUT2D eigenvalue weighted by molar-refractivity contribution is -0.142.